The molecule has 0 radical (unpaired) electrons. The summed E-state index contributed by atoms with van der Waals surface area (Å²) in [6.07, 6.45) is 1.73. The molecule has 3 heteroatoms. The Bertz CT molecular complexity index is 506. The van der Waals surface area contributed by atoms with Gasteiger partial charge in [-0.15, -0.1) is 0 Å². The Labute approximate surface area is 87.9 Å². The second-order valence-corrected chi connectivity index (χ2v) is 3.56. The fourth-order valence-corrected chi connectivity index (χ4v) is 1.49. The van der Waals surface area contributed by atoms with E-state index in [2.05, 4.69) is 4.98 Å². The predicted octanol–water partition coefficient (Wildman–Crippen LogP) is 1.76. The summed E-state index contributed by atoms with van der Waals surface area (Å²) < 4.78 is 0. The van der Waals surface area contributed by atoms with Gasteiger partial charge in [-0.05, 0) is 31.2 Å². The predicted molar refractivity (Wildman–Crippen MR) is 59.7 cm³/mol. The maximum atomic E-state index is 11.6. The molecule has 0 amide bonds. The molecule has 1 atom stereocenters. The molecule has 0 fully saturated rings. The maximum Gasteiger partial charge on any atom is 0.179 e. The number of rotatable bonds is 2. The molecule has 0 saturated heterocycles. The van der Waals surface area contributed by atoms with Gasteiger partial charge in [-0.25, -0.2) is 0 Å². The molecular formula is C12H12N2O. The molecule has 0 aliphatic carbocycles. The summed E-state index contributed by atoms with van der Waals surface area (Å²) in [5, 5.41) is 0.962. The highest BCUT2D eigenvalue weighted by molar-refractivity contribution is 6.02. The van der Waals surface area contributed by atoms with Gasteiger partial charge in [-0.3, -0.25) is 9.78 Å². The highest BCUT2D eigenvalue weighted by Gasteiger charge is 2.10. The van der Waals surface area contributed by atoms with Crippen molar-refractivity contribution >= 4 is 16.7 Å². The number of hydrogen-bond acceptors (Lipinski definition) is 3. The molecule has 2 N–H and O–H groups in total. The molecule has 0 aliphatic heterocycles. The van der Waals surface area contributed by atoms with Crippen LogP contribution in [0.5, 0.6) is 0 Å². The van der Waals surface area contributed by atoms with E-state index in [1.807, 2.05) is 24.3 Å². The zero-order chi connectivity index (χ0) is 10.8. The summed E-state index contributed by atoms with van der Waals surface area (Å²) in [6.45, 7) is 1.69. The first kappa shape index (κ1) is 9.80. The second kappa shape index (κ2) is 3.79. The van der Waals surface area contributed by atoms with Crippen LogP contribution in [0.4, 0.5) is 0 Å². The number of Topliss-reactive ketones (excluding diaryl/α,β-unsaturated/α-hetero) is 1. The lowest BCUT2D eigenvalue weighted by Gasteiger charge is -2.05. The van der Waals surface area contributed by atoms with Crippen LogP contribution in [-0.4, -0.2) is 16.8 Å². The van der Waals surface area contributed by atoms with Crippen molar-refractivity contribution < 1.29 is 4.79 Å². The Morgan fingerprint density at radius 1 is 1.40 bits per heavy atom. The molecule has 15 heavy (non-hydrogen) atoms. The average molecular weight is 200 g/mol. The van der Waals surface area contributed by atoms with E-state index >= 15 is 0 Å². The lowest BCUT2D eigenvalue weighted by atomic mass is 10.0. The van der Waals surface area contributed by atoms with Crippen molar-refractivity contribution in [2.24, 2.45) is 5.73 Å². The lowest BCUT2D eigenvalue weighted by molar-refractivity contribution is 0.0968. The quantitative estimate of drug-likeness (QED) is 0.751. The second-order valence-electron chi connectivity index (χ2n) is 3.56. The van der Waals surface area contributed by atoms with E-state index in [1.54, 1.807) is 19.2 Å². The highest BCUT2D eigenvalue weighted by atomic mass is 16.1. The molecule has 0 saturated carbocycles. The molecule has 1 unspecified atom stereocenters. The minimum atomic E-state index is -0.459. The number of fused-ring (bicyclic) bond motifs is 1. The van der Waals surface area contributed by atoms with Gasteiger partial charge < -0.3 is 5.73 Å². The first-order valence-corrected chi connectivity index (χ1v) is 4.83. The Balaban J connectivity index is 2.52. The SMILES string of the molecule is CC(N)C(=O)c1ccc2ncccc2c1. The van der Waals surface area contributed by atoms with E-state index in [0.29, 0.717) is 5.56 Å². The van der Waals surface area contributed by atoms with Gasteiger partial charge in [0.15, 0.2) is 5.78 Å². The molecule has 0 aliphatic rings. The summed E-state index contributed by atoms with van der Waals surface area (Å²) in [7, 11) is 0. The fourth-order valence-electron chi connectivity index (χ4n) is 1.49. The third-order valence-electron chi connectivity index (χ3n) is 2.30. The molecule has 1 aromatic carbocycles. The highest BCUT2D eigenvalue weighted by Crippen LogP contribution is 2.14. The van der Waals surface area contributed by atoms with Crippen LogP contribution in [0.15, 0.2) is 36.5 Å². The zero-order valence-electron chi connectivity index (χ0n) is 8.47. The Morgan fingerprint density at radius 3 is 2.93 bits per heavy atom. The normalized spacial score (nSPS) is 12.7. The van der Waals surface area contributed by atoms with E-state index in [9.17, 15) is 4.79 Å². The van der Waals surface area contributed by atoms with Crippen LogP contribution in [0.25, 0.3) is 10.9 Å². The van der Waals surface area contributed by atoms with Crippen molar-refractivity contribution in [3.8, 4) is 0 Å². The average Bonchev–Trinajstić information content (AvgIpc) is 2.27. The first-order chi connectivity index (χ1) is 7.18. The monoisotopic (exact) mass is 200 g/mol. The van der Waals surface area contributed by atoms with Crippen LogP contribution < -0.4 is 5.73 Å². The van der Waals surface area contributed by atoms with Crippen LogP contribution >= 0.6 is 0 Å². The molecule has 2 rings (SSSR count). The minimum absolute atomic E-state index is 0.0410. The molecule has 3 nitrogen and oxygen atoms in total. The standard InChI is InChI=1S/C12H12N2O/c1-8(13)12(15)10-4-5-11-9(7-10)3-2-6-14-11/h2-8H,13H2,1H3. The van der Waals surface area contributed by atoms with E-state index in [0.717, 1.165) is 10.9 Å². The van der Waals surface area contributed by atoms with Gasteiger partial charge in [0.25, 0.3) is 0 Å². The van der Waals surface area contributed by atoms with Crippen LogP contribution in [0, 0.1) is 0 Å². The number of aromatic nitrogens is 1. The van der Waals surface area contributed by atoms with E-state index in [-0.39, 0.29) is 5.78 Å². The van der Waals surface area contributed by atoms with Gasteiger partial charge >= 0.3 is 0 Å². The van der Waals surface area contributed by atoms with Gasteiger partial charge in [-0.1, -0.05) is 6.07 Å². The smallest absolute Gasteiger partial charge is 0.179 e. The van der Waals surface area contributed by atoms with Gasteiger partial charge in [-0.2, -0.15) is 0 Å². The van der Waals surface area contributed by atoms with Crippen molar-refractivity contribution in [2.45, 2.75) is 13.0 Å². The number of hydrogen-bond donors (Lipinski definition) is 1. The van der Waals surface area contributed by atoms with Crippen molar-refractivity contribution in [2.75, 3.05) is 0 Å². The first-order valence-electron chi connectivity index (χ1n) is 4.83. The number of carbonyl (C=O) groups is 1. The third-order valence-corrected chi connectivity index (χ3v) is 2.30. The van der Waals surface area contributed by atoms with Gasteiger partial charge in [0, 0.05) is 17.1 Å². The Kier molecular flexibility index (Phi) is 2.47. The zero-order valence-corrected chi connectivity index (χ0v) is 8.47. The van der Waals surface area contributed by atoms with Gasteiger partial charge in [0.05, 0.1) is 11.6 Å². The largest absolute Gasteiger partial charge is 0.321 e. The number of benzene rings is 1. The molecule has 1 aromatic heterocycles. The number of nitrogens with two attached hydrogens (primary N) is 1. The summed E-state index contributed by atoms with van der Waals surface area (Å²) in [5.74, 6) is -0.0410. The summed E-state index contributed by atoms with van der Waals surface area (Å²) in [4.78, 5) is 15.8. The number of carbonyl (C=O) groups excluding carboxylic acids is 1. The van der Waals surface area contributed by atoms with Crippen molar-refractivity contribution in [3.63, 3.8) is 0 Å². The molecular weight excluding hydrogens is 188 g/mol. The van der Waals surface area contributed by atoms with Crippen LogP contribution in [0.1, 0.15) is 17.3 Å². The summed E-state index contributed by atoms with van der Waals surface area (Å²) >= 11 is 0. The third kappa shape index (κ3) is 1.87. The van der Waals surface area contributed by atoms with Crippen molar-refractivity contribution in [1.82, 2.24) is 4.98 Å². The van der Waals surface area contributed by atoms with Crippen molar-refractivity contribution in [3.05, 3.63) is 42.1 Å². The topological polar surface area (TPSA) is 56.0 Å². The molecule has 0 spiro atoms. The number of nitrogens with zero attached hydrogens (tertiary/aromatic N) is 1. The Hall–Kier alpha value is -1.74. The lowest BCUT2D eigenvalue weighted by Crippen LogP contribution is -2.26. The molecule has 76 valence electrons. The van der Waals surface area contributed by atoms with Gasteiger partial charge in [0.2, 0.25) is 0 Å². The van der Waals surface area contributed by atoms with Gasteiger partial charge in [0.1, 0.15) is 0 Å². The van der Waals surface area contributed by atoms with E-state index in [1.165, 1.54) is 0 Å². The number of pyridine rings is 1. The Morgan fingerprint density at radius 2 is 2.20 bits per heavy atom. The number of ketones is 1. The van der Waals surface area contributed by atoms with Crippen LogP contribution in [-0.2, 0) is 0 Å². The van der Waals surface area contributed by atoms with Crippen LogP contribution in [0.2, 0.25) is 0 Å². The summed E-state index contributed by atoms with van der Waals surface area (Å²) in [5.41, 5.74) is 7.08. The van der Waals surface area contributed by atoms with E-state index < -0.39 is 6.04 Å². The minimum Gasteiger partial charge on any atom is -0.321 e. The molecule has 2 aromatic rings. The van der Waals surface area contributed by atoms with E-state index in [4.69, 9.17) is 5.73 Å². The molecule has 1 heterocycles. The summed E-state index contributed by atoms with van der Waals surface area (Å²) in [6, 6.07) is 8.75. The fraction of sp³-hybridized carbons (Fsp3) is 0.167. The van der Waals surface area contributed by atoms with Crippen molar-refractivity contribution in [1.29, 1.82) is 0 Å². The van der Waals surface area contributed by atoms with Crippen LogP contribution in [0.3, 0.4) is 0 Å². The molecule has 0 bridgehead atoms. The maximum absolute atomic E-state index is 11.6.